The van der Waals surface area contributed by atoms with Crippen LogP contribution in [0.3, 0.4) is 0 Å². The van der Waals surface area contributed by atoms with Gasteiger partial charge in [-0.05, 0) is 50.2 Å². The third-order valence-corrected chi connectivity index (χ3v) is 5.88. The topological polar surface area (TPSA) is 32.5 Å². The van der Waals surface area contributed by atoms with E-state index in [1.165, 1.54) is 58.4 Å². The maximum Gasteiger partial charge on any atom is 0.0235 e. The fraction of sp³-hybridized carbons (Fsp3) is 1.00. The van der Waals surface area contributed by atoms with Crippen LogP contribution in [0.1, 0.15) is 53.4 Å². The Labute approximate surface area is 125 Å². The molecule has 0 radical (unpaired) electrons. The van der Waals surface area contributed by atoms with Gasteiger partial charge in [0, 0.05) is 25.2 Å². The van der Waals surface area contributed by atoms with Crippen molar-refractivity contribution in [3.63, 3.8) is 0 Å². The first-order valence-electron chi connectivity index (χ1n) is 8.70. The standard InChI is InChI=1S/C17H35N3/c1-5-20(6-2)15-9-11-19(13-15)12-14-8-7-10-17(3,4)16(14)18/h14-16H,5-13,18H2,1-4H3. The van der Waals surface area contributed by atoms with Crippen LogP contribution in [0.25, 0.3) is 0 Å². The highest BCUT2D eigenvalue weighted by atomic mass is 15.2. The van der Waals surface area contributed by atoms with Crippen LogP contribution in [-0.4, -0.2) is 54.6 Å². The Bertz CT molecular complexity index is 299. The van der Waals surface area contributed by atoms with Crippen LogP contribution in [0.5, 0.6) is 0 Å². The summed E-state index contributed by atoms with van der Waals surface area (Å²) >= 11 is 0. The second kappa shape index (κ2) is 6.76. The van der Waals surface area contributed by atoms with Crippen LogP contribution in [0.15, 0.2) is 0 Å². The Kier molecular flexibility index (Phi) is 5.49. The lowest BCUT2D eigenvalue weighted by Crippen LogP contribution is -2.50. The number of likely N-dealkylation sites (tertiary alicyclic amines) is 1. The lowest BCUT2D eigenvalue weighted by atomic mass is 9.68. The van der Waals surface area contributed by atoms with Crippen LogP contribution < -0.4 is 5.73 Å². The zero-order chi connectivity index (χ0) is 14.8. The molecular weight excluding hydrogens is 246 g/mol. The Hall–Kier alpha value is -0.120. The van der Waals surface area contributed by atoms with Gasteiger partial charge in [0.15, 0.2) is 0 Å². The molecule has 3 unspecified atom stereocenters. The summed E-state index contributed by atoms with van der Waals surface area (Å²) in [6.45, 7) is 15.4. The van der Waals surface area contributed by atoms with E-state index >= 15 is 0 Å². The van der Waals surface area contributed by atoms with E-state index in [2.05, 4.69) is 37.5 Å². The molecule has 118 valence electrons. The third kappa shape index (κ3) is 3.55. The van der Waals surface area contributed by atoms with Crippen molar-refractivity contribution < 1.29 is 0 Å². The third-order valence-electron chi connectivity index (χ3n) is 5.88. The Morgan fingerprint density at radius 2 is 1.90 bits per heavy atom. The lowest BCUT2D eigenvalue weighted by molar-refractivity contribution is 0.106. The minimum absolute atomic E-state index is 0.334. The van der Waals surface area contributed by atoms with Crippen LogP contribution >= 0.6 is 0 Å². The molecule has 2 rings (SSSR count). The van der Waals surface area contributed by atoms with E-state index in [1.807, 2.05) is 0 Å². The molecule has 0 aromatic heterocycles. The van der Waals surface area contributed by atoms with E-state index < -0.39 is 0 Å². The van der Waals surface area contributed by atoms with Gasteiger partial charge in [-0.3, -0.25) is 4.90 Å². The van der Waals surface area contributed by atoms with Gasteiger partial charge in [0.2, 0.25) is 0 Å². The highest BCUT2D eigenvalue weighted by molar-refractivity contribution is 4.94. The van der Waals surface area contributed by atoms with Crippen molar-refractivity contribution >= 4 is 0 Å². The molecule has 2 N–H and O–H groups in total. The molecule has 1 aliphatic heterocycles. The number of nitrogens with zero attached hydrogens (tertiary/aromatic N) is 2. The molecule has 0 bridgehead atoms. The molecule has 1 aliphatic carbocycles. The van der Waals surface area contributed by atoms with Crippen molar-refractivity contribution in [3.05, 3.63) is 0 Å². The van der Waals surface area contributed by atoms with E-state index in [9.17, 15) is 0 Å². The first kappa shape index (κ1) is 16.3. The highest BCUT2D eigenvalue weighted by Gasteiger charge is 2.38. The maximum absolute atomic E-state index is 6.54. The van der Waals surface area contributed by atoms with Crippen LogP contribution in [0, 0.1) is 11.3 Å². The van der Waals surface area contributed by atoms with Crippen molar-refractivity contribution in [2.24, 2.45) is 17.1 Å². The second-order valence-corrected chi connectivity index (χ2v) is 7.59. The molecule has 2 fully saturated rings. The Balaban J connectivity index is 1.85. The summed E-state index contributed by atoms with van der Waals surface area (Å²) in [5, 5.41) is 0. The van der Waals surface area contributed by atoms with Gasteiger partial charge in [0.05, 0.1) is 0 Å². The van der Waals surface area contributed by atoms with E-state index in [4.69, 9.17) is 5.73 Å². The average molecular weight is 281 g/mol. The molecule has 3 atom stereocenters. The minimum atomic E-state index is 0.334. The van der Waals surface area contributed by atoms with Crippen molar-refractivity contribution in [2.75, 3.05) is 32.7 Å². The van der Waals surface area contributed by atoms with Gasteiger partial charge in [-0.2, -0.15) is 0 Å². The zero-order valence-corrected chi connectivity index (χ0v) is 14.1. The molecule has 0 spiro atoms. The molecule has 1 heterocycles. The molecule has 3 heteroatoms. The first-order chi connectivity index (χ1) is 9.47. The molecule has 0 aromatic rings. The van der Waals surface area contributed by atoms with E-state index in [0.29, 0.717) is 17.4 Å². The zero-order valence-electron chi connectivity index (χ0n) is 14.1. The quantitative estimate of drug-likeness (QED) is 0.840. The summed E-state index contributed by atoms with van der Waals surface area (Å²) in [7, 11) is 0. The molecular formula is C17H35N3. The van der Waals surface area contributed by atoms with Gasteiger partial charge in [0.1, 0.15) is 0 Å². The summed E-state index contributed by atoms with van der Waals surface area (Å²) in [5.74, 6) is 0.703. The van der Waals surface area contributed by atoms with Gasteiger partial charge in [-0.25, -0.2) is 0 Å². The maximum atomic E-state index is 6.54. The molecule has 1 saturated heterocycles. The van der Waals surface area contributed by atoms with Gasteiger partial charge in [0.25, 0.3) is 0 Å². The van der Waals surface area contributed by atoms with Crippen molar-refractivity contribution in [2.45, 2.75) is 65.5 Å². The van der Waals surface area contributed by atoms with Crippen molar-refractivity contribution in [1.29, 1.82) is 0 Å². The number of rotatable bonds is 5. The second-order valence-electron chi connectivity index (χ2n) is 7.59. The molecule has 2 aliphatic rings. The van der Waals surface area contributed by atoms with Gasteiger partial charge in [-0.1, -0.05) is 34.1 Å². The van der Waals surface area contributed by atoms with Crippen LogP contribution in [0.2, 0.25) is 0 Å². The molecule has 20 heavy (non-hydrogen) atoms. The van der Waals surface area contributed by atoms with Gasteiger partial charge in [-0.15, -0.1) is 0 Å². The largest absolute Gasteiger partial charge is 0.327 e. The summed E-state index contributed by atoms with van der Waals surface area (Å²) in [6, 6.07) is 1.15. The predicted molar refractivity (Wildman–Crippen MR) is 86.9 cm³/mol. The average Bonchev–Trinajstić information content (AvgIpc) is 2.85. The van der Waals surface area contributed by atoms with Crippen LogP contribution in [-0.2, 0) is 0 Å². The number of hydrogen-bond acceptors (Lipinski definition) is 3. The molecule has 1 saturated carbocycles. The normalized spacial score (nSPS) is 34.8. The highest BCUT2D eigenvalue weighted by Crippen LogP contribution is 2.38. The van der Waals surface area contributed by atoms with Crippen molar-refractivity contribution in [3.8, 4) is 0 Å². The smallest absolute Gasteiger partial charge is 0.0235 e. The number of likely N-dealkylation sites (N-methyl/N-ethyl adjacent to an activating group) is 1. The first-order valence-corrected chi connectivity index (χ1v) is 8.70. The van der Waals surface area contributed by atoms with Crippen LogP contribution in [0.4, 0.5) is 0 Å². The fourth-order valence-corrected chi connectivity index (χ4v) is 4.36. The van der Waals surface area contributed by atoms with Crippen molar-refractivity contribution in [1.82, 2.24) is 9.80 Å². The molecule has 0 aromatic carbocycles. The summed E-state index contributed by atoms with van der Waals surface area (Å²) in [4.78, 5) is 5.29. The number of hydrogen-bond donors (Lipinski definition) is 1. The predicted octanol–water partition coefficient (Wildman–Crippen LogP) is 2.56. The van der Waals surface area contributed by atoms with E-state index in [1.54, 1.807) is 0 Å². The Morgan fingerprint density at radius 3 is 2.55 bits per heavy atom. The Morgan fingerprint density at radius 1 is 1.20 bits per heavy atom. The SMILES string of the molecule is CCN(CC)C1CCN(CC2CCCC(C)(C)C2N)C1. The minimum Gasteiger partial charge on any atom is -0.327 e. The molecule has 3 nitrogen and oxygen atoms in total. The molecule has 0 amide bonds. The number of nitrogens with two attached hydrogens (primary N) is 1. The summed E-state index contributed by atoms with van der Waals surface area (Å²) in [6.07, 6.45) is 5.33. The summed E-state index contributed by atoms with van der Waals surface area (Å²) in [5.41, 5.74) is 6.88. The van der Waals surface area contributed by atoms with E-state index in [-0.39, 0.29) is 0 Å². The lowest BCUT2D eigenvalue weighted by Gasteiger charge is -2.43. The van der Waals surface area contributed by atoms with Gasteiger partial charge < -0.3 is 10.6 Å². The van der Waals surface area contributed by atoms with Gasteiger partial charge >= 0.3 is 0 Å². The monoisotopic (exact) mass is 281 g/mol. The van der Waals surface area contributed by atoms with E-state index in [0.717, 1.165) is 6.04 Å². The summed E-state index contributed by atoms with van der Waals surface area (Å²) < 4.78 is 0. The fourth-order valence-electron chi connectivity index (χ4n) is 4.36.